The van der Waals surface area contributed by atoms with Crippen LogP contribution in [0, 0.1) is 5.92 Å². The van der Waals surface area contributed by atoms with E-state index >= 15 is 0 Å². The van der Waals surface area contributed by atoms with E-state index in [4.69, 9.17) is 29.4 Å². The molecule has 4 heterocycles. The Labute approximate surface area is 409 Å². The van der Waals surface area contributed by atoms with Gasteiger partial charge in [0, 0.05) is 45.2 Å². The van der Waals surface area contributed by atoms with E-state index < -0.39 is 156 Å². The molecule has 0 aliphatic carbocycles. The second kappa shape index (κ2) is 27.2. The Hall–Kier alpha value is -4.94. The number of nitrogens with one attached hydrogen (secondary N) is 1. The third-order valence-corrected chi connectivity index (χ3v) is 12.6. The van der Waals surface area contributed by atoms with E-state index in [-0.39, 0.29) is 19.3 Å². The van der Waals surface area contributed by atoms with Gasteiger partial charge in [0.1, 0.15) is 54.9 Å². The summed E-state index contributed by atoms with van der Waals surface area (Å²) in [6.45, 7) is 2.56. The number of aliphatic carboxylic acids is 2. The van der Waals surface area contributed by atoms with Gasteiger partial charge in [-0.25, -0.2) is 13.8 Å². The van der Waals surface area contributed by atoms with E-state index in [1.165, 1.54) is 7.05 Å². The summed E-state index contributed by atoms with van der Waals surface area (Å²) in [6.07, 6.45) is -6.31. The van der Waals surface area contributed by atoms with Crippen LogP contribution < -0.4 is 17.0 Å². The highest BCUT2D eigenvalue weighted by atomic mass is 32.3. The van der Waals surface area contributed by atoms with Gasteiger partial charge in [-0.05, 0) is 51.5 Å². The molecule has 0 saturated carbocycles. The molecule has 27 heteroatoms. The lowest BCUT2D eigenvalue weighted by molar-refractivity contribution is -0.230. The van der Waals surface area contributed by atoms with Crippen molar-refractivity contribution in [2.75, 3.05) is 27.2 Å². The maximum atomic E-state index is 14.7. The van der Waals surface area contributed by atoms with Crippen LogP contribution in [-0.2, 0) is 62.2 Å². The minimum absolute atomic E-state index is 0.165. The Morgan fingerprint density at radius 2 is 1.61 bits per heavy atom. The van der Waals surface area contributed by atoms with Gasteiger partial charge in [0.05, 0.1) is 6.42 Å². The molecule has 3 aliphatic rings. The molecule has 71 heavy (non-hydrogen) atoms. The van der Waals surface area contributed by atoms with Crippen molar-refractivity contribution >= 4 is 40.2 Å². The zero-order chi connectivity index (χ0) is 52.7. The van der Waals surface area contributed by atoms with Gasteiger partial charge in [0.25, 0.3) is 5.56 Å². The standard InChI is InChI=1S/C44H67N5O21S/c1-5-6-7-8-9-10-11-12-13-14-15-16-25(65-30(53)20-24(2)19-29(51)52)21-31(54)66-27-23-47(3)33(40(58)48(4)32(27)42(59)60)37(69-43-39(70-71(62,63)64)34(55)26(22-45)67-43)38-35(56)36(57)41(68-38)49-18-17-28(50)46-44(49)61/h8-9,11-12,17-18,24-27,32-39,41,43,55-57H,5-7,10,13-16,19-23,45H2,1-4H3,(H,51,52)(H,59,60)(H,46,50,61)(H,62,63,64). The Morgan fingerprint density at radius 1 is 0.930 bits per heavy atom. The number of carboxylic acid groups (broad SMARTS) is 2. The van der Waals surface area contributed by atoms with Crippen molar-refractivity contribution in [1.82, 2.24) is 19.4 Å². The number of carbonyl (C=O) groups is 5. The fraction of sp³-hybridized carbons (Fsp3) is 0.705. The molecular weight excluding hydrogens is 967 g/mol. The molecule has 14 unspecified atom stereocenters. The molecule has 0 radical (unpaired) electrons. The molecule has 14 atom stereocenters. The summed E-state index contributed by atoms with van der Waals surface area (Å²) in [4.78, 5) is 94.2. The number of nitrogens with zero attached hydrogens (tertiary/aromatic N) is 3. The molecule has 3 aliphatic heterocycles. The molecule has 400 valence electrons. The Morgan fingerprint density at radius 3 is 2.21 bits per heavy atom. The van der Waals surface area contributed by atoms with E-state index in [2.05, 4.69) is 23.3 Å². The first-order valence-electron chi connectivity index (χ1n) is 23.3. The van der Waals surface area contributed by atoms with Crippen LogP contribution in [0.2, 0.25) is 0 Å². The topological polar surface area (TPSA) is 384 Å². The summed E-state index contributed by atoms with van der Waals surface area (Å²) in [5.74, 6) is -6.35. The van der Waals surface area contributed by atoms with Crippen LogP contribution in [0.5, 0.6) is 0 Å². The number of esters is 2. The molecule has 3 saturated heterocycles. The Bertz CT molecular complexity index is 2260. The summed E-state index contributed by atoms with van der Waals surface area (Å²) in [7, 11) is -3.08. The highest BCUT2D eigenvalue weighted by molar-refractivity contribution is 7.80. The molecule has 0 bridgehead atoms. The van der Waals surface area contributed by atoms with Crippen LogP contribution in [0.4, 0.5) is 0 Å². The van der Waals surface area contributed by atoms with E-state index in [0.29, 0.717) is 28.7 Å². The maximum Gasteiger partial charge on any atom is 0.397 e. The zero-order valence-electron chi connectivity index (χ0n) is 39.9. The Balaban J connectivity index is 1.64. The SMILES string of the molecule is CCCCC=CCC=CCCCCC(CC(=O)OC1CN(C)C(C(OC2OC(CN)C(O)C2OS(=O)(=O)O)C2OC(n3ccc(=O)[nH]c3=O)C(O)C2O)C(=O)N(C)C1C(=O)O)OC(=O)CC(C)CC(=O)O. The third kappa shape index (κ3) is 16.8. The summed E-state index contributed by atoms with van der Waals surface area (Å²) < 4.78 is 68.0. The van der Waals surface area contributed by atoms with Crippen LogP contribution in [0.15, 0.2) is 46.2 Å². The first kappa shape index (κ1) is 58.6. The van der Waals surface area contributed by atoms with Crippen molar-refractivity contribution in [2.45, 2.75) is 164 Å². The lowest BCUT2D eigenvalue weighted by atomic mass is 9.97. The number of amides is 1. The number of carbonyl (C=O) groups excluding carboxylic acids is 3. The molecule has 3 fully saturated rings. The average Bonchev–Trinajstić information content (AvgIpc) is 3.69. The number of hydrogen-bond donors (Lipinski definition) is 8. The van der Waals surface area contributed by atoms with Crippen LogP contribution in [0.3, 0.4) is 0 Å². The van der Waals surface area contributed by atoms with Gasteiger partial charge < -0.3 is 59.9 Å². The second-order valence-electron chi connectivity index (χ2n) is 17.8. The number of aliphatic hydroxyl groups excluding tert-OH is 3. The molecule has 0 spiro atoms. The van der Waals surface area contributed by atoms with E-state index in [9.17, 15) is 72.1 Å². The summed E-state index contributed by atoms with van der Waals surface area (Å²) >= 11 is 0. The average molecular weight is 1030 g/mol. The molecule has 4 rings (SSSR count). The predicted octanol–water partition coefficient (Wildman–Crippen LogP) is -1.03. The maximum absolute atomic E-state index is 14.7. The summed E-state index contributed by atoms with van der Waals surface area (Å²) in [6, 6.07) is -2.90. The highest BCUT2D eigenvalue weighted by Crippen LogP contribution is 2.37. The largest absolute Gasteiger partial charge is 0.481 e. The van der Waals surface area contributed by atoms with Crippen molar-refractivity contribution in [3.63, 3.8) is 0 Å². The number of H-pyrrole nitrogens is 1. The number of unbranched alkanes of at least 4 members (excludes halogenated alkanes) is 4. The van der Waals surface area contributed by atoms with E-state index in [1.54, 1.807) is 6.92 Å². The number of likely N-dealkylation sites (N-methyl/N-ethyl adjacent to an activating group) is 2. The number of allylic oxidation sites excluding steroid dienone is 4. The number of aromatic amines is 1. The molecule has 26 nitrogen and oxygen atoms in total. The minimum Gasteiger partial charge on any atom is -0.481 e. The quantitative estimate of drug-likeness (QED) is 0.0226. The highest BCUT2D eigenvalue weighted by Gasteiger charge is 2.58. The van der Waals surface area contributed by atoms with Gasteiger partial charge in [-0.1, -0.05) is 51.0 Å². The third-order valence-electron chi connectivity index (χ3n) is 12.1. The van der Waals surface area contributed by atoms with Gasteiger partial charge >= 0.3 is 40.0 Å². The van der Waals surface area contributed by atoms with Crippen molar-refractivity contribution in [1.29, 1.82) is 0 Å². The lowest BCUT2D eigenvalue weighted by Crippen LogP contribution is -2.60. The number of nitrogens with two attached hydrogens (primary N) is 1. The number of hydrogen-bond acceptors (Lipinski definition) is 20. The van der Waals surface area contributed by atoms with Crippen molar-refractivity contribution < 1.29 is 90.3 Å². The van der Waals surface area contributed by atoms with Crippen LogP contribution >= 0.6 is 0 Å². The van der Waals surface area contributed by atoms with E-state index in [1.807, 2.05) is 17.1 Å². The van der Waals surface area contributed by atoms with Crippen LogP contribution in [-0.4, -0.2) is 188 Å². The van der Waals surface area contributed by atoms with E-state index in [0.717, 1.165) is 49.9 Å². The zero-order valence-corrected chi connectivity index (χ0v) is 40.7. The molecule has 1 aromatic heterocycles. The number of carboxylic acids is 2. The number of rotatable bonds is 27. The van der Waals surface area contributed by atoms with Crippen molar-refractivity contribution in [3.05, 3.63) is 57.4 Å². The summed E-state index contributed by atoms with van der Waals surface area (Å²) in [5.41, 5.74) is 3.78. The van der Waals surface area contributed by atoms with Crippen molar-refractivity contribution in [3.8, 4) is 0 Å². The second-order valence-corrected chi connectivity index (χ2v) is 18.9. The summed E-state index contributed by atoms with van der Waals surface area (Å²) in [5, 5.41) is 53.4. The fourth-order valence-electron chi connectivity index (χ4n) is 8.61. The van der Waals surface area contributed by atoms with Gasteiger partial charge in [0.15, 0.2) is 24.7 Å². The van der Waals surface area contributed by atoms with Crippen LogP contribution in [0.1, 0.15) is 90.7 Å². The molecule has 0 aromatic carbocycles. The first-order valence-corrected chi connectivity index (χ1v) is 24.6. The normalized spacial score (nSPS) is 28.8. The number of aliphatic hydroxyl groups is 3. The smallest absolute Gasteiger partial charge is 0.397 e. The fourth-order valence-corrected chi connectivity index (χ4v) is 9.09. The molecule has 1 amide bonds. The van der Waals surface area contributed by atoms with Gasteiger partial charge in [0.2, 0.25) is 5.91 Å². The molecule has 9 N–H and O–H groups in total. The van der Waals surface area contributed by atoms with Crippen molar-refractivity contribution in [2.24, 2.45) is 11.7 Å². The first-order chi connectivity index (χ1) is 33.5. The predicted molar refractivity (Wildman–Crippen MR) is 244 cm³/mol. The molecule has 1 aromatic rings. The van der Waals surface area contributed by atoms with Gasteiger partial charge in [-0.2, -0.15) is 8.42 Å². The monoisotopic (exact) mass is 1030 g/mol. The number of aromatic nitrogens is 2. The van der Waals surface area contributed by atoms with Gasteiger partial charge in [-0.3, -0.25) is 43.0 Å². The Kier molecular flexibility index (Phi) is 22.5. The molecular formula is C44H67N5O21S. The lowest BCUT2D eigenvalue weighted by Gasteiger charge is -2.38. The van der Waals surface area contributed by atoms with Gasteiger partial charge in [-0.15, -0.1) is 0 Å². The van der Waals surface area contributed by atoms with Crippen LogP contribution in [0.25, 0.3) is 0 Å². The minimum atomic E-state index is -5.37. The number of ether oxygens (including phenoxy) is 5.